The summed E-state index contributed by atoms with van der Waals surface area (Å²) in [5.74, 6) is -1.04. The second-order valence-corrected chi connectivity index (χ2v) is 6.52. The van der Waals surface area contributed by atoms with Crippen molar-refractivity contribution >= 4 is 11.9 Å². The van der Waals surface area contributed by atoms with Gasteiger partial charge < -0.3 is 9.84 Å². The molecule has 25 heavy (non-hydrogen) atoms. The maximum absolute atomic E-state index is 11.4. The maximum Gasteiger partial charge on any atom is 0.330 e. The van der Waals surface area contributed by atoms with E-state index >= 15 is 0 Å². The number of carbonyl (C=O) groups excluding carboxylic acids is 1. The van der Waals surface area contributed by atoms with Gasteiger partial charge in [-0.1, -0.05) is 64.2 Å². The van der Waals surface area contributed by atoms with Crippen molar-refractivity contribution in [3.05, 3.63) is 24.8 Å². The number of esters is 1. The van der Waals surface area contributed by atoms with E-state index in [4.69, 9.17) is 9.84 Å². The van der Waals surface area contributed by atoms with Crippen molar-refractivity contribution in [3.63, 3.8) is 0 Å². The first-order valence-corrected chi connectivity index (χ1v) is 9.80. The van der Waals surface area contributed by atoms with Gasteiger partial charge in [-0.05, 0) is 32.1 Å². The van der Waals surface area contributed by atoms with Gasteiger partial charge in [-0.3, -0.25) is 4.79 Å². The SMILES string of the molecule is C=CC(=O)OC(C/C=C\CCCCCCCC(=O)O)CCCCCC. The van der Waals surface area contributed by atoms with E-state index in [9.17, 15) is 9.59 Å². The molecule has 0 amide bonds. The fourth-order valence-electron chi connectivity index (χ4n) is 2.67. The van der Waals surface area contributed by atoms with E-state index in [2.05, 4.69) is 25.7 Å². The van der Waals surface area contributed by atoms with Crippen LogP contribution in [0.5, 0.6) is 0 Å². The quantitative estimate of drug-likeness (QED) is 0.155. The topological polar surface area (TPSA) is 63.6 Å². The molecule has 1 N–H and O–H groups in total. The molecule has 0 aromatic rings. The lowest BCUT2D eigenvalue weighted by atomic mass is 10.1. The third-order valence-electron chi connectivity index (χ3n) is 4.16. The molecule has 144 valence electrons. The number of rotatable bonds is 17. The number of hydrogen-bond acceptors (Lipinski definition) is 3. The highest BCUT2D eigenvalue weighted by atomic mass is 16.5. The summed E-state index contributed by atoms with van der Waals surface area (Å²) in [6, 6.07) is 0. The molecule has 4 heteroatoms. The predicted octanol–water partition coefficient (Wildman–Crippen LogP) is 5.82. The van der Waals surface area contributed by atoms with Crippen molar-refractivity contribution in [2.45, 2.75) is 96.5 Å². The van der Waals surface area contributed by atoms with Crippen LogP contribution in [-0.4, -0.2) is 23.1 Å². The molecule has 0 spiro atoms. The van der Waals surface area contributed by atoms with E-state index in [1.54, 1.807) is 0 Å². The molecule has 0 aliphatic heterocycles. The average Bonchev–Trinajstić information content (AvgIpc) is 2.59. The van der Waals surface area contributed by atoms with Crippen LogP contribution < -0.4 is 0 Å². The van der Waals surface area contributed by atoms with Crippen molar-refractivity contribution in [3.8, 4) is 0 Å². The van der Waals surface area contributed by atoms with Crippen LogP contribution >= 0.6 is 0 Å². The van der Waals surface area contributed by atoms with Crippen molar-refractivity contribution in [2.75, 3.05) is 0 Å². The second-order valence-electron chi connectivity index (χ2n) is 6.52. The van der Waals surface area contributed by atoms with Crippen molar-refractivity contribution in [1.29, 1.82) is 0 Å². The fourth-order valence-corrected chi connectivity index (χ4v) is 2.67. The van der Waals surface area contributed by atoms with Crippen LogP contribution in [-0.2, 0) is 14.3 Å². The molecule has 4 nitrogen and oxygen atoms in total. The first-order valence-electron chi connectivity index (χ1n) is 9.80. The minimum absolute atomic E-state index is 0.0466. The maximum atomic E-state index is 11.4. The Kier molecular flexibility index (Phi) is 16.2. The summed E-state index contributed by atoms with van der Waals surface area (Å²) in [4.78, 5) is 21.8. The van der Waals surface area contributed by atoms with Gasteiger partial charge in [-0.25, -0.2) is 4.79 Å². The molecular formula is C21H36O4. The third-order valence-corrected chi connectivity index (χ3v) is 4.16. The van der Waals surface area contributed by atoms with Crippen molar-refractivity contribution < 1.29 is 19.4 Å². The standard InChI is InChI=1S/C21H36O4/c1-3-5-6-13-16-19(25-21(24)4-2)17-14-11-9-7-8-10-12-15-18-20(22)23/h4,11,14,19H,2-3,5-10,12-13,15-18H2,1H3,(H,22,23)/b14-11-. The Balaban J connectivity index is 3.81. The van der Waals surface area contributed by atoms with Crippen molar-refractivity contribution in [2.24, 2.45) is 0 Å². The summed E-state index contributed by atoms with van der Waals surface area (Å²) in [5, 5.41) is 8.56. The highest BCUT2D eigenvalue weighted by Crippen LogP contribution is 2.13. The molecule has 1 atom stereocenters. The molecule has 0 fully saturated rings. The molecule has 1 unspecified atom stereocenters. The number of aliphatic carboxylic acids is 1. The zero-order valence-corrected chi connectivity index (χ0v) is 15.9. The molecule has 0 heterocycles. The molecular weight excluding hydrogens is 316 g/mol. The van der Waals surface area contributed by atoms with Gasteiger partial charge in [0.1, 0.15) is 6.10 Å². The normalized spacial score (nSPS) is 12.2. The lowest BCUT2D eigenvalue weighted by Gasteiger charge is -2.15. The summed E-state index contributed by atoms with van der Waals surface area (Å²) in [5.41, 5.74) is 0. The molecule has 0 bridgehead atoms. The van der Waals surface area contributed by atoms with E-state index in [0.29, 0.717) is 0 Å². The number of carboxylic acids is 1. The summed E-state index contributed by atoms with van der Waals surface area (Å²) < 4.78 is 5.41. The number of hydrogen-bond donors (Lipinski definition) is 1. The molecule has 0 aromatic heterocycles. The van der Waals surface area contributed by atoms with E-state index in [1.165, 1.54) is 25.3 Å². The summed E-state index contributed by atoms with van der Waals surface area (Å²) in [7, 11) is 0. The molecule has 0 saturated carbocycles. The van der Waals surface area contributed by atoms with Crippen LogP contribution in [0.2, 0.25) is 0 Å². The van der Waals surface area contributed by atoms with Gasteiger partial charge in [0, 0.05) is 18.9 Å². The Morgan fingerprint density at radius 3 is 2.36 bits per heavy atom. The Labute approximate surface area is 153 Å². The number of carboxylic acid groups (broad SMARTS) is 1. The predicted molar refractivity (Wildman–Crippen MR) is 103 cm³/mol. The Morgan fingerprint density at radius 2 is 1.68 bits per heavy atom. The van der Waals surface area contributed by atoms with Crippen LogP contribution in [0, 0.1) is 0 Å². The van der Waals surface area contributed by atoms with E-state index in [1.807, 2.05) is 0 Å². The summed E-state index contributed by atoms with van der Waals surface area (Å²) in [6.07, 6.45) is 18.3. The van der Waals surface area contributed by atoms with Gasteiger partial charge in [-0.15, -0.1) is 0 Å². The van der Waals surface area contributed by atoms with E-state index in [-0.39, 0.29) is 18.5 Å². The molecule has 0 radical (unpaired) electrons. The summed E-state index contributed by atoms with van der Waals surface area (Å²) >= 11 is 0. The second kappa shape index (κ2) is 17.2. The Morgan fingerprint density at radius 1 is 1.00 bits per heavy atom. The number of carbonyl (C=O) groups is 2. The zero-order chi connectivity index (χ0) is 18.8. The van der Waals surface area contributed by atoms with Crippen LogP contribution in [0.4, 0.5) is 0 Å². The van der Waals surface area contributed by atoms with Gasteiger partial charge in [0.2, 0.25) is 0 Å². The molecule has 0 aliphatic carbocycles. The van der Waals surface area contributed by atoms with Crippen LogP contribution in [0.1, 0.15) is 90.4 Å². The van der Waals surface area contributed by atoms with Gasteiger partial charge in [0.15, 0.2) is 0 Å². The summed E-state index contributed by atoms with van der Waals surface area (Å²) in [6.45, 7) is 5.64. The Hall–Kier alpha value is -1.58. The van der Waals surface area contributed by atoms with E-state index in [0.717, 1.165) is 57.8 Å². The molecule has 0 rings (SSSR count). The van der Waals surface area contributed by atoms with Crippen LogP contribution in [0.25, 0.3) is 0 Å². The lowest BCUT2D eigenvalue weighted by molar-refractivity contribution is -0.143. The first-order chi connectivity index (χ1) is 12.1. The minimum atomic E-state index is -0.704. The monoisotopic (exact) mass is 352 g/mol. The minimum Gasteiger partial charge on any atom is -0.481 e. The highest BCUT2D eigenvalue weighted by molar-refractivity contribution is 5.81. The molecule has 0 aliphatic rings. The van der Waals surface area contributed by atoms with E-state index < -0.39 is 5.97 Å². The number of unbranched alkanes of at least 4 members (excludes halogenated alkanes) is 8. The van der Waals surface area contributed by atoms with Crippen LogP contribution in [0.15, 0.2) is 24.8 Å². The Bertz CT molecular complexity index is 387. The number of ether oxygens (including phenoxy) is 1. The molecule has 0 saturated heterocycles. The lowest BCUT2D eigenvalue weighted by Crippen LogP contribution is -2.16. The highest BCUT2D eigenvalue weighted by Gasteiger charge is 2.10. The van der Waals surface area contributed by atoms with Gasteiger partial charge in [0.25, 0.3) is 0 Å². The third kappa shape index (κ3) is 17.0. The van der Waals surface area contributed by atoms with Crippen LogP contribution in [0.3, 0.4) is 0 Å². The largest absolute Gasteiger partial charge is 0.481 e. The van der Waals surface area contributed by atoms with Crippen molar-refractivity contribution in [1.82, 2.24) is 0 Å². The smallest absolute Gasteiger partial charge is 0.330 e. The fraction of sp³-hybridized carbons (Fsp3) is 0.714. The first kappa shape index (κ1) is 23.4. The van der Waals surface area contributed by atoms with Gasteiger partial charge in [0.05, 0.1) is 0 Å². The molecule has 0 aromatic carbocycles. The zero-order valence-electron chi connectivity index (χ0n) is 15.9. The van der Waals surface area contributed by atoms with Gasteiger partial charge in [-0.2, -0.15) is 0 Å². The average molecular weight is 353 g/mol. The van der Waals surface area contributed by atoms with Gasteiger partial charge >= 0.3 is 11.9 Å². The number of allylic oxidation sites excluding steroid dienone is 1.